The maximum Gasteiger partial charge on any atom is 0.303 e. The number of benzene rings is 1. The van der Waals surface area contributed by atoms with Crippen molar-refractivity contribution in [2.45, 2.75) is 44.4 Å². The van der Waals surface area contributed by atoms with Crippen LogP contribution >= 0.6 is 0 Å². The van der Waals surface area contributed by atoms with Gasteiger partial charge >= 0.3 is 5.97 Å². The number of para-hydroxylation sites is 1. The number of likely N-dealkylation sites (tertiary alicyclic amines) is 1. The fourth-order valence-electron chi connectivity index (χ4n) is 4.08. The van der Waals surface area contributed by atoms with Gasteiger partial charge in [0.05, 0.1) is 17.9 Å². The van der Waals surface area contributed by atoms with Gasteiger partial charge in [0.2, 0.25) is 5.91 Å². The Labute approximate surface area is 170 Å². The molecule has 1 aliphatic carbocycles. The van der Waals surface area contributed by atoms with Crippen LogP contribution < -0.4 is 5.32 Å². The maximum absolute atomic E-state index is 12.7. The summed E-state index contributed by atoms with van der Waals surface area (Å²) in [4.78, 5) is 25.7. The number of carboxylic acid groups (broad SMARTS) is 1. The van der Waals surface area contributed by atoms with E-state index in [2.05, 4.69) is 10.2 Å². The molecule has 0 spiro atoms. The highest BCUT2D eigenvalue weighted by atomic mass is 16.4. The van der Waals surface area contributed by atoms with Crippen molar-refractivity contribution >= 4 is 17.7 Å². The van der Waals surface area contributed by atoms with E-state index in [-0.39, 0.29) is 12.3 Å². The van der Waals surface area contributed by atoms with Gasteiger partial charge in [-0.15, -0.1) is 0 Å². The first-order valence-corrected chi connectivity index (χ1v) is 10.5. The Hall–Kier alpha value is -2.67. The van der Waals surface area contributed by atoms with Crippen molar-refractivity contribution in [2.24, 2.45) is 5.92 Å². The molecule has 1 aromatic heterocycles. The number of hydrogen-bond donors (Lipinski definition) is 2. The summed E-state index contributed by atoms with van der Waals surface area (Å²) in [5.41, 5.74) is 1.97. The molecule has 1 aromatic carbocycles. The Bertz CT molecular complexity index is 860. The van der Waals surface area contributed by atoms with Crippen LogP contribution in [0.4, 0.5) is 5.82 Å². The molecule has 29 heavy (non-hydrogen) atoms. The number of piperidine rings is 1. The highest BCUT2D eigenvalue weighted by molar-refractivity contribution is 5.91. The van der Waals surface area contributed by atoms with Crippen molar-refractivity contribution in [3.63, 3.8) is 0 Å². The molecule has 1 amide bonds. The lowest BCUT2D eigenvalue weighted by molar-refractivity contribution is -0.137. The first kappa shape index (κ1) is 19.6. The molecule has 1 unspecified atom stereocenters. The third kappa shape index (κ3) is 5.23. The molecule has 2 N–H and O–H groups in total. The molecule has 4 rings (SSSR count). The van der Waals surface area contributed by atoms with E-state index >= 15 is 0 Å². The lowest BCUT2D eigenvalue weighted by Gasteiger charge is -2.32. The molecule has 154 valence electrons. The summed E-state index contributed by atoms with van der Waals surface area (Å²) in [5.74, 6) is 0.767. The van der Waals surface area contributed by atoms with Crippen LogP contribution in [0.25, 0.3) is 5.69 Å². The first-order chi connectivity index (χ1) is 14.1. The van der Waals surface area contributed by atoms with Gasteiger partial charge in [0.1, 0.15) is 5.82 Å². The second-order valence-corrected chi connectivity index (χ2v) is 8.20. The van der Waals surface area contributed by atoms with E-state index < -0.39 is 5.97 Å². The molecule has 0 radical (unpaired) electrons. The van der Waals surface area contributed by atoms with E-state index in [1.165, 1.54) is 0 Å². The smallest absolute Gasteiger partial charge is 0.303 e. The standard InChI is InChI=1S/C22H28N4O3/c27-21(15-25-12-4-5-16(14-25)8-11-22(28)29)23-20-13-19(17-9-10-17)24-26(20)18-6-2-1-3-7-18/h1-3,6-7,13,16-17H,4-5,8-12,14-15H2,(H,23,27)(H,28,29). The zero-order valence-corrected chi connectivity index (χ0v) is 16.6. The number of carbonyl (C=O) groups excluding carboxylic acids is 1. The second kappa shape index (κ2) is 8.78. The Kier molecular flexibility index (Phi) is 5.94. The Morgan fingerprint density at radius 1 is 1.17 bits per heavy atom. The summed E-state index contributed by atoms with van der Waals surface area (Å²) in [6.45, 7) is 1.98. The second-order valence-electron chi connectivity index (χ2n) is 8.20. The number of carbonyl (C=O) groups is 2. The minimum atomic E-state index is -0.750. The van der Waals surface area contributed by atoms with Crippen molar-refractivity contribution in [1.29, 1.82) is 0 Å². The largest absolute Gasteiger partial charge is 0.481 e. The average molecular weight is 396 g/mol. The maximum atomic E-state index is 12.7. The van der Waals surface area contributed by atoms with Gasteiger partial charge in [-0.1, -0.05) is 18.2 Å². The molecule has 1 saturated carbocycles. The lowest BCUT2D eigenvalue weighted by Crippen LogP contribution is -2.40. The molecule has 0 bridgehead atoms. The summed E-state index contributed by atoms with van der Waals surface area (Å²) >= 11 is 0. The van der Waals surface area contributed by atoms with Gasteiger partial charge in [0, 0.05) is 24.9 Å². The van der Waals surface area contributed by atoms with Crippen LogP contribution in [0.5, 0.6) is 0 Å². The first-order valence-electron chi connectivity index (χ1n) is 10.5. The normalized spacial score (nSPS) is 19.8. The van der Waals surface area contributed by atoms with Crippen LogP contribution in [0.2, 0.25) is 0 Å². The Balaban J connectivity index is 1.40. The van der Waals surface area contributed by atoms with Crippen molar-refractivity contribution in [2.75, 3.05) is 25.0 Å². The summed E-state index contributed by atoms with van der Waals surface area (Å²) in [6.07, 6.45) is 5.24. The number of hydrogen-bond acceptors (Lipinski definition) is 4. The van der Waals surface area contributed by atoms with Crippen LogP contribution in [-0.2, 0) is 9.59 Å². The van der Waals surface area contributed by atoms with E-state index in [0.717, 1.165) is 50.2 Å². The van der Waals surface area contributed by atoms with E-state index in [9.17, 15) is 9.59 Å². The number of carboxylic acids is 1. The minimum Gasteiger partial charge on any atom is -0.481 e. The summed E-state index contributed by atoms with van der Waals surface area (Å²) < 4.78 is 1.82. The molecule has 2 aliphatic rings. The van der Waals surface area contributed by atoms with Crippen molar-refractivity contribution in [1.82, 2.24) is 14.7 Å². The van der Waals surface area contributed by atoms with Crippen LogP contribution in [0, 0.1) is 5.92 Å². The molecule has 1 aliphatic heterocycles. The number of rotatable bonds is 8. The Morgan fingerprint density at radius 2 is 1.97 bits per heavy atom. The van der Waals surface area contributed by atoms with Gasteiger partial charge in [0.15, 0.2) is 0 Å². The highest BCUT2D eigenvalue weighted by Gasteiger charge is 2.28. The van der Waals surface area contributed by atoms with Crippen LogP contribution in [0.15, 0.2) is 36.4 Å². The number of amides is 1. The van der Waals surface area contributed by atoms with Crippen LogP contribution in [-0.4, -0.2) is 51.3 Å². The quantitative estimate of drug-likeness (QED) is 0.715. The number of aromatic nitrogens is 2. The molecule has 1 saturated heterocycles. The SMILES string of the molecule is O=C(O)CCC1CCCN(CC(=O)Nc2cc(C3CC3)nn2-c2ccccc2)C1. The molecule has 7 heteroatoms. The number of aliphatic carboxylic acids is 1. The van der Waals surface area contributed by atoms with Gasteiger partial charge < -0.3 is 10.4 Å². The third-order valence-electron chi connectivity index (χ3n) is 5.73. The fraction of sp³-hybridized carbons (Fsp3) is 0.500. The predicted molar refractivity (Wildman–Crippen MR) is 110 cm³/mol. The van der Waals surface area contributed by atoms with Gasteiger partial charge in [-0.25, -0.2) is 4.68 Å². The summed E-state index contributed by atoms with van der Waals surface area (Å²) in [5, 5.41) is 16.7. The zero-order chi connectivity index (χ0) is 20.2. The number of nitrogens with one attached hydrogen (secondary N) is 1. The van der Waals surface area contributed by atoms with E-state index in [0.29, 0.717) is 30.6 Å². The van der Waals surface area contributed by atoms with Gasteiger partial charge in [-0.2, -0.15) is 5.10 Å². The monoisotopic (exact) mass is 396 g/mol. The van der Waals surface area contributed by atoms with E-state index in [1.807, 2.05) is 41.1 Å². The average Bonchev–Trinajstić information content (AvgIpc) is 3.48. The summed E-state index contributed by atoms with van der Waals surface area (Å²) in [6, 6.07) is 11.8. The van der Waals surface area contributed by atoms with Crippen molar-refractivity contribution in [3.8, 4) is 5.69 Å². The third-order valence-corrected chi connectivity index (χ3v) is 5.73. The zero-order valence-electron chi connectivity index (χ0n) is 16.6. The molecule has 1 atom stereocenters. The number of anilines is 1. The topological polar surface area (TPSA) is 87.5 Å². The van der Waals surface area contributed by atoms with Crippen molar-refractivity contribution < 1.29 is 14.7 Å². The molecule has 2 heterocycles. The van der Waals surface area contributed by atoms with E-state index in [4.69, 9.17) is 10.2 Å². The van der Waals surface area contributed by atoms with Gasteiger partial charge in [-0.3, -0.25) is 14.5 Å². The lowest BCUT2D eigenvalue weighted by atomic mass is 9.93. The molecule has 7 nitrogen and oxygen atoms in total. The van der Waals surface area contributed by atoms with E-state index in [1.54, 1.807) is 0 Å². The fourth-order valence-corrected chi connectivity index (χ4v) is 4.08. The Morgan fingerprint density at radius 3 is 2.69 bits per heavy atom. The van der Waals surface area contributed by atoms with Crippen LogP contribution in [0.3, 0.4) is 0 Å². The summed E-state index contributed by atoms with van der Waals surface area (Å²) in [7, 11) is 0. The number of nitrogens with zero attached hydrogens (tertiary/aromatic N) is 3. The minimum absolute atomic E-state index is 0.0525. The van der Waals surface area contributed by atoms with Crippen LogP contribution in [0.1, 0.15) is 50.1 Å². The molecular weight excluding hydrogens is 368 g/mol. The van der Waals surface area contributed by atoms with Gasteiger partial charge in [-0.05, 0) is 56.7 Å². The molecular formula is C22H28N4O3. The predicted octanol–water partition coefficient (Wildman–Crippen LogP) is 3.27. The van der Waals surface area contributed by atoms with Crippen molar-refractivity contribution in [3.05, 3.63) is 42.1 Å². The van der Waals surface area contributed by atoms with Gasteiger partial charge in [0.25, 0.3) is 0 Å². The molecule has 2 fully saturated rings. The molecule has 2 aromatic rings. The highest BCUT2D eigenvalue weighted by Crippen LogP contribution is 2.40.